The lowest BCUT2D eigenvalue weighted by Crippen LogP contribution is -2.29. The molecule has 1 unspecified atom stereocenters. The molecule has 3 N–H and O–H groups in total. The molecule has 2 rings (SSSR count). The first-order valence-corrected chi connectivity index (χ1v) is 7.22. The third-order valence-corrected chi connectivity index (χ3v) is 4.04. The summed E-state index contributed by atoms with van der Waals surface area (Å²) in [6, 6.07) is 1.89. The van der Waals surface area contributed by atoms with E-state index in [-0.39, 0.29) is 6.04 Å². The number of carbonyl (C=O) groups is 1. The molecule has 0 bridgehead atoms. The van der Waals surface area contributed by atoms with Gasteiger partial charge in [0, 0.05) is 6.04 Å². The van der Waals surface area contributed by atoms with Crippen molar-refractivity contribution in [2.24, 2.45) is 5.92 Å². The van der Waals surface area contributed by atoms with Crippen LogP contribution in [0.5, 0.6) is 0 Å². The lowest BCUT2D eigenvalue weighted by atomic mass is 9.84. The molecule has 20 heavy (non-hydrogen) atoms. The van der Waals surface area contributed by atoms with E-state index < -0.39 is 5.97 Å². The minimum atomic E-state index is -0.414. The molecule has 110 valence electrons. The lowest BCUT2D eigenvalue weighted by molar-refractivity contribution is 0.0601. The van der Waals surface area contributed by atoms with Gasteiger partial charge in [0.15, 0.2) is 0 Å². The molecule has 0 spiro atoms. The van der Waals surface area contributed by atoms with E-state index in [1.165, 1.54) is 39.2 Å². The highest BCUT2D eigenvalue weighted by atomic mass is 16.5. The number of nitrogens with one attached hydrogen (secondary N) is 1. The minimum Gasteiger partial charge on any atom is -0.465 e. The molecular weight excluding hydrogens is 254 g/mol. The van der Waals surface area contributed by atoms with Gasteiger partial charge in [-0.1, -0.05) is 19.3 Å². The average molecular weight is 277 g/mol. The van der Waals surface area contributed by atoms with Crippen molar-refractivity contribution in [2.75, 3.05) is 18.2 Å². The lowest BCUT2D eigenvalue weighted by Gasteiger charge is -2.29. The fraction of sp³-hybridized carbons (Fsp3) is 0.600. The van der Waals surface area contributed by atoms with Gasteiger partial charge in [-0.2, -0.15) is 0 Å². The highest BCUT2D eigenvalue weighted by Gasteiger charge is 2.22. The van der Waals surface area contributed by atoms with Crippen LogP contribution in [0.2, 0.25) is 0 Å². The van der Waals surface area contributed by atoms with Crippen LogP contribution < -0.4 is 11.1 Å². The molecule has 0 aliphatic heterocycles. The summed E-state index contributed by atoms with van der Waals surface area (Å²) < 4.78 is 4.78. The van der Waals surface area contributed by atoms with Crippen LogP contribution >= 0.6 is 0 Å². The molecular formula is C15H23N3O2. The van der Waals surface area contributed by atoms with E-state index in [2.05, 4.69) is 17.2 Å². The van der Waals surface area contributed by atoms with Gasteiger partial charge in [-0.15, -0.1) is 0 Å². The molecule has 0 aromatic carbocycles. The maximum atomic E-state index is 11.8. The molecule has 1 aliphatic rings. The number of nitrogen functional groups attached to an aromatic ring is 1. The van der Waals surface area contributed by atoms with E-state index in [9.17, 15) is 4.79 Å². The fourth-order valence-electron chi connectivity index (χ4n) is 2.83. The summed E-state index contributed by atoms with van der Waals surface area (Å²) in [6.45, 7) is 2.15. The SMILES string of the molecule is COC(=O)c1cc(N)cnc1NC(C)C1CCCCC1. The Hall–Kier alpha value is -1.78. The fourth-order valence-corrected chi connectivity index (χ4v) is 2.83. The van der Waals surface area contributed by atoms with Crippen LogP contribution in [0.15, 0.2) is 12.3 Å². The van der Waals surface area contributed by atoms with E-state index in [1.54, 1.807) is 12.3 Å². The van der Waals surface area contributed by atoms with Crippen molar-refractivity contribution < 1.29 is 9.53 Å². The smallest absolute Gasteiger partial charge is 0.341 e. The molecule has 1 saturated carbocycles. The van der Waals surface area contributed by atoms with Gasteiger partial charge in [-0.25, -0.2) is 9.78 Å². The van der Waals surface area contributed by atoms with Gasteiger partial charge in [0.05, 0.1) is 19.0 Å². The van der Waals surface area contributed by atoms with Gasteiger partial charge in [0.25, 0.3) is 0 Å². The first-order chi connectivity index (χ1) is 9.61. The zero-order valence-corrected chi connectivity index (χ0v) is 12.2. The standard InChI is InChI=1S/C15H23N3O2/c1-10(11-6-4-3-5-7-11)18-14-13(15(19)20-2)8-12(16)9-17-14/h8-11H,3-7,16H2,1-2H3,(H,17,18). The van der Waals surface area contributed by atoms with Crippen molar-refractivity contribution in [2.45, 2.75) is 45.1 Å². The number of ether oxygens (including phenoxy) is 1. The highest BCUT2D eigenvalue weighted by molar-refractivity contribution is 5.95. The summed E-state index contributed by atoms with van der Waals surface area (Å²) in [6.07, 6.45) is 7.93. The molecule has 1 atom stereocenters. The predicted octanol–water partition coefficient (Wildman–Crippen LogP) is 2.83. The van der Waals surface area contributed by atoms with Crippen LogP contribution in [0, 0.1) is 5.92 Å². The number of rotatable bonds is 4. The molecule has 1 aliphatic carbocycles. The van der Waals surface area contributed by atoms with Crippen molar-refractivity contribution in [3.63, 3.8) is 0 Å². The number of hydrogen-bond donors (Lipinski definition) is 2. The molecule has 5 heteroatoms. The summed E-state index contributed by atoms with van der Waals surface area (Å²) in [5, 5.41) is 3.36. The molecule has 0 amide bonds. The Kier molecular flexibility index (Phi) is 4.82. The van der Waals surface area contributed by atoms with Crippen LogP contribution in [-0.4, -0.2) is 24.1 Å². The van der Waals surface area contributed by atoms with E-state index in [4.69, 9.17) is 10.5 Å². The van der Waals surface area contributed by atoms with Crippen LogP contribution in [0.25, 0.3) is 0 Å². The molecule has 5 nitrogen and oxygen atoms in total. The van der Waals surface area contributed by atoms with Crippen molar-refractivity contribution in [3.05, 3.63) is 17.8 Å². The number of nitrogens with zero attached hydrogens (tertiary/aromatic N) is 1. The number of aromatic nitrogens is 1. The summed E-state index contributed by atoms with van der Waals surface area (Å²) in [7, 11) is 1.36. The summed E-state index contributed by atoms with van der Waals surface area (Å²) in [4.78, 5) is 16.0. The summed E-state index contributed by atoms with van der Waals surface area (Å²) >= 11 is 0. The van der Waals surface area contributed by atoms with Crippen molar-refractivity contribution >= 4 is 17.5 Å². The van der Waals surface area contributed by atoms with Crippen LogP contribution in [0.3, 0.4) is 0 Å². The normalized spacial score (nSPS) is 17.5. The summed E-state index contributed by atoms with van der Waals surface area (Å²) in [5.41, 5.74) is 6.55. The Morgan fingerprint density at radius 1 is 1.45 bits per heavy atom. The third kappa shape index (κ3) is 3.40. The topological polar surface area (TPSA) is 77.2 Å². The zero-order chi connectivity index (χ0) is 14.5. The zero-order valence-electron chi connectivity index (χ0n) is 12.2. The third-order valence-electron chi connectivity index (χ3n) is 4.04. The largest absolute Gasteiger partial charge is 0.465 e. The van der Waals surface area contributed by atoms with Crippen molar-refractivity contribution in [3.8, 4) is 0 Å². The van der Waals surface area contributed by atoms with Crippen LogP contribution in [0.1, 0.15) is 49.4 Å². The first-order valence-electron chi connectivity index (χ1n) is 7.22. The second-order valence-electron chi connectivity index (χ2n) is 5.49. The first kappa shape index (κ1) is 14.6. The Labute approximate surface area is 119 Å². The number of esters is 1. The van der Waals surface area contributed by atoms with E-state index in [0.29, 0.717) is 23.0 Å². The predicted molar refractivity (Wildman–Crippen MR) is 79.6 cm³/mol. The van der Waals surface area contributed by atoms with E-state index >= 15 is 0 Å². The number of carbonyl (C=O) groups excluding carboxylic acids is 1. The summed E-state index contributed by atoms with van der Waals surface area (Å²) in [5.74, 6) is 0.779. The Balaban J connectivity index is 2.13. The highest BCUT2D eigenvalue weighted by Crippen LogP contribution is 2.28. The second-order valence-corrected chi connectivity index (χ2v) is 5.49. The van der Waals surface area contributed by atoms with Crippen LogP contribution in [-0.2, 0) is 4.74 Å². The average Bonchev–Trinajstić information content (AvgIpc) is 2.49. The Morgan fingerprint density at radius 2 is 2.15 bits per heavy atom. The maximum absolute atomic E-state index is 11.8. The van der Waals surface area contributed by atoms with Crippen LogP contribution in [0.4, 0.5) is 11.5 Å². The molecule has 1 fully saturated rings. The van der Waals surface area contributed by atoms with Gasteiger partial charge in [0.2, 0.25) is 0 Å². The second kappa shape index (κ2) is 6.59. The molecule has 1 aromatic rings. The van der Waals surface area contributed by atoms with Crippen molar-refractivity contribution in [1.82, 2.24) is 4.98 Å². The Bertz CT molecular complexity index is 470. The minimum absolute atomic E-state index is 0.287. The van der Waals surface area contributed by atoms with Gasteiger partial charge in [-0.05, 0) is 31.7 Å². The number of hydrogen-bond acceptors (Lipinski definition) is 5. The van der Waals surface area contributed by atoms with Gasteiger partial charge >= 0.3 is 5.97 Å². The maximum Gasteiger partial charge on any atom is 0.341 e. The molecule has 0 radical (unpaired) electrons. The number of anilines is 2. The number of pyridine rings is 1. The van der Waals surface area contributed by atoms with Gasteiger partial charge in [-0.3, -0.25) is 0 Å². The van der Waals surface area contributed by atoms with E-state index in [0.717, 1.165) is 0 Å². The number of methoxy groups -OCH3 is 1. The van der Waals surface area contributed by atoms with Gasteiger partial charge in [0.1, 0.15) is 11.4 Å². The van der Waals surface area contributed by atoms with Gasteiger partial charge < -0.3 is 15.8 Å². The molecule has 1 aromatic heterocycles. The number of nitrogens with two attached hydrogens (primary N) is 1. The molecule has 0 saturated heterocycles. The molecule has 1 heterocycles. The monoisotopic (exact) mass is 277 g/mol. The van der Waals surface area contributed by atoms with Crippen molar-refractivity contribution in [1.29, 1.82) is 0 Å². The van der Waals surface area contributed by atoms with E-state index in [1.807, 2.05) is 0 Å². The Morgan fingerprint density at radius 3 is 2.80 bits per heavy atom. The quantitative estimate of drug-likeness (QED) is 0.827.